The average Bonchev–Trinajstić information content (AvgIpc) is 3.65. The molecule has 1 fully saturated rings. The highest BCUT2D eigenvalue weighted by Gasteiger charge is 2.44. The second-order valence-electron chi connectivity index (χ2n) is 8.15. The summed E-state index contributed by atoms with van der Waals surface area (Å²) in [6.07, 6.45) is 5.38. The SMILES string of the molecule is O=C(NCc1ccc(F)cn1)c1cccc([C@@H]2C[C@H]2C(=O)Nc2ccc3cnccc3c2)c1. The number of nitrogens with one attached hydrogen (secondary N) is 2. The Morgan fingerprint density at radius 3 is 2.76 bits per heavy atom. The first-order valence-electron chi connectivity index (χ1n) is 10.7. The zero-order valence-corrected chi connectivity index (χ0v) is 17.7. The molecule has 5 rings (SSSR count). The normalized spacial score (nSPS) is 16.9. The third-order valence-corrected chi connectivity index (χ3v) is 5.83. The molecule has 0 bridgehead atoms. The summed E-state index contributed by atoms with van der Waals surface area (Å²) in [6, 6.07) is 17.8. The molecule has 0 saturated heterocycles. The molecule has 2 amide bonds. The van der Waals surface area contributed by atoms with Crippen molar-refractivity contribution >= 4 is 28.3 Å². The highest BCUT2D eigenvalue weighted by Crippen LogP contribution is 2.48. The zero-order valence-electron chi connectivity index (χ0n) is 17.7. The standard InChI is InChI=1S/C26H21FN4O2/c27-20-5-7-22(29-14-20)15-30-25(32)18-3-1-2-17(10-18)23-12-24(23)26(33)31-21-6-4-19-13-28-9-8-16(19)11-21/h1-11,13-14,23-24H,12,15H2,(H,30,32)(H,31,33)/t23-,24+/m0/s1. The van der Waals surface area contributed by atoms with E-state index in [1.807, 2.05) is 42.5 Å². The number of anilines is 1. The van der Waals surface area contributed by atoms with Gasteiger partial charge in [0.05, 0.1) is 18.4 Å². The van der Waals surface area contributed by atoms with E-state index in [0.29, 0.717) is 11.3 Å². The Balaban J connectivity index is 1.20. The molecule has 6 nitrogen and oxygen atoms in total. The van der Waals surface area contributed by atoms with E-state index in [0.717, 1.165) is 34.6 Å². The van der Waals surface area contributed by atoms with Crippen LogP contribution in [0.15, 0.2) is 79.3 Å². The van der Waals surface area contributed by atoms with Crippen LogP contribution < -0.4 is 10.6 Å². The van der Waals surface area contributed by atoms with Crippen LogP contribution in [0.4, 0.5) is 10.1 Å². The third-order valence-electron chi connectivity index (χ3n) is 5.83. The number of hydrogen-bond acceptors (Lipinski definition) is 4. The van der Waals surface area contributed by atoms with Gasteiger partial charge in [0.2, 0.25) is 5.91 Å². The minimum atomic E-state index is -0.418. The van der Waals surface area contributed by atoms with Gasteiger partial charge in [0.15, 0.2) is 0 Å². The molecule has 2 aromatic carbocycles. The quantitative estimate of drug-likeness (QED) is 0.464. The van der Waals surface area contributed by atoms with E-state index in [4.69, 9.17) is 0 Å². The van der Waals surface area contributed by atoms with Crippen molar-refractivity contribution in [3.63, 3.8) is 0 Å². The molecule has 1 aliphatic rings. The van der Waals surface area contributed by atoms with Crippen LogP contribution in [0.3, 0.4) is 0 Å². The molecule has 2 atom stereocenters. The van der Waals surface area contributed by atoms with Crippen molar-refractivity contribution < 1.29 is 14.0 Å². The summed E-state index contributed by atoms with van der Waals surface area (Å²) in [5, 5.41) is 7.83. The molecular weight excluding hydrogens is 419 g/mol. The molecule has 1 saturated carbocycles. The van der Waals surface area contributed by atoms with Gasteiger partial charge in [-0.1, -0.05) is 18.2 Å². The molecule has 33 heavy (non-hydrogen) atoms. The van der Waals surface area contributed by atoms with E-state index in [1.54, 1.807) is 18.5 Å². The Hall–Kier alpha value is -4.13. The molecule has 2 aromatic heterocycles. The van der Waals surface area contributed by atoms with Crippen LogP contribution in [0.5, 0.6) is 0 Å². The van der Waals surface area contributed by atoms with Crippen molar-refractivity contribution in [1.29, 1.82) is 0 Å². The molecule has 0 radical (unpaired) electrons. The number of benzene rings is 2. The molecule has 1 aliphatic carbocycles. The summed E-state index contributed by atoms with van der Waals surface area (Å²) in [6.45, 7) is 0.208. The number of carbonyl (C=O) groups is 2. The number of fused-ring (bicyclic) bond motifs is 1. The highest BCUT2D eigenvalue weighted by atomic mass is 19.1. The van der Waals surface area contributed by atoms with E-state index in [2.05, 4.69) is 20.6 Å². The van der Waals surface area contributed by atoms with Crippen molar-refractivity contribution in [2.75, 3.05) is 5.32 Å². The molecule has 0 aliphatic heterocycles. The van der Waals surface area contributed by atoms with E-state index in [1.165, 1.54) is 12.1 Å². The van der Waals surface area contributed by atoms with Crippen LogP contribution >= 0.6 is 0 Å². The number of amides is 2. The Morgan fingerprint density at radius 1 is 1.00 bits per heavy atom. The largest absolute Gasteiger partial charge is 0.346 e. The molecule has 164 valence electrons. The average molecular weight is 440 g/mol. The Morgan fingerprint density at radius 2 is 1.91 bits per heavy atom. The van der Waals surface area contributed by atoms with Gasteiger partial charge in [-0.3, -0.25) is 19.6 Å². The predicted octanol–water partition coefficient (Wildman–Crippen LogP) is 4.44. The maximum atomic E-state index is 13.0. The zero-order chi connectivity index (χ0) is 22.8. The molecule has 0 spiro atoms. The fourth-order valence-corrected chi connectivity index (χ4v) is 3.94. The van der Waals surface area contributed by atoms with Gasteiger partial charge in [-0.15, -0.1) is 0 Å². The minimum absolute atomic E-state index is 0.0226. The highest BCUT2D eigenvalue weighted by molar-refractivity contribution is 5.98. The van der Waals surface area contributed by atoms with Gasteiger partial charge >= 0.3 is 0 Å². The van der Waals surface area contributed by atoms with Gasteiger partial charge in [0, 0.05) is 34.9 Å². The summed E-state index contributed by atoms with van der Waals surface area (Å²) >= 11 is 0. The Kier molecular flexibility index (Phi) is 5.52. The van der Waals surface area contributed by atoms with Crippen LogP contribution in [0.2, 0.25) is 0 Å². The van der Waals surface area contributed by atoms with Crippen LogP contribution in [0, 0.1) is 11.7 Å². The van der Waals surface area contributed by atoms with E-state index >= 15 is 0 Å². The van der Waals surface area contributed by atoms with Gasteiger partial charge < -0.3 is 10.6 Å². The second kappa shape index (κ2) is 8.78. The number of carbonyl (C=O) groups excluding carboxylic acids is 2. The fraction of sp³-hybridized carbons (Fsp3) is 0.154. The number of pyridine rings is 2. The fourth-order valence-electron chi connectivity index (χ4n) is 3.94. The first kappa shape index (κ1) is 20.8. The number of aromatic nitrogens is 2. The van der Waals surface area contributed by atoms with Crippen molar-refractivity contribution in [2.24, 2.45) is 5.92 Å². The lowest BCUT2D eigenvalue weighted by Crippen LogP contribution is -2.23. The number of halogens is 1. The second-order valence-corrected chi connectivity index (χ2v) is 8.15. The smallest absolute Gasteiger partial charge is 0.251 e. The van der Waals surface area contributed by atoms with Gasteiger partial charge in [0.1, 0.15) is 5.82 Å². The molecule has 4 aromatic rings. The van der Waals surface area contributed by atoms with Crippen molar-refractivity contribution in [2.45, 2.75) is 18.9 Å². The van der Waals surface area contributed by atoms with Crippen molar-refractivity contribution in [3.8, 4) is 0 Å². The van der Waals surface area contributed by atoms with Crippen LogP contribution in [0.1, 0.15) is 34.0 Å². The minimum Gasteiger partial charge on any atom is -0.346 e. The van der Waals surface area contributed by atoms with E-state index < -0.39 is 5.82 Å². The maximum absolute atomic E-state index is 13.0. The van der Waals surface area contributed by atoms with Crippen LogP contribution in [0.25, 0.3) is 10.8 Å². The number of hydrogen-bond donors (Lipinski definition) is 2. The lowest BCUT2D eigenvalue weighted by molar-refractivity contribution is -0.117. The first-order valence-corrected chi connectivity index (χ1v) is 10.7. The first-order chi connectivity index (χ1) is 16.1. The lowest BCUT2D eigenvalue weighted by Gasteiger charge is -2.08. The maximum Gasteiger partial charge on any atom is 0.251 e. The van der Waals surface area contributed by atoms with Crippen molar-refractivity contribution in [1.82, 2.24) is 15.3 Å². The Labute approximate surface area is 189 Å². The van der Waals surface area contributed by atoms with E-state index in [-0.39, 0.29) is 30.2 Å². The summed E-state index contributed by atoms with van der Waals surface area (Å²) in [4.78, 5) is 33.4. The monoisotopic (exact) mass is 440 g/mol. The number of nitrogens with zero attached hydrogens (tertiary/aromatic N) is 2. The van der Waals surface area contributed by atoms with Crippen LogP contribution in [-0.2, 0) is 11.3 Å². The summed E-state index contributed by atoms with van der Waals surface area (Å²) < 4.78 is 13.0. The van der Waals surface area contributed by atoms with Crippen LogP contribution in [-0.4, -0.2) is 21.8 Å². The van der Waals surface area contributed by atoms with Gasteiger partial charge in [-0.05, 0) is 65.8 Å². The lowest BCUT2D eigenvalue weighted by atomic mass is 10.0. The van der Waals surface area contributed by atoms with Crippen molar-refractivity contribution in [3.05, 3.63) is 102 Å². The third kappa shape index (κ3) is 4.72. The summed E-state index contributed by atoms with van der Waals surface area (Å²) in [5.74, 6) is -0.722. The Bertz CT molecular complexity index is 1340. The van der Waals surface area contributed by atoms with Gasteiger partial charge in [0.25, 0.3) is 5.91 Å². The molecule has 0 unspecified atom stereocenters. The summed E-state index contributed by atoms with van der Waals surface area (Å²) in [7, 11) is 0. The molecular formula is C26H21FN4O2. The van der Waals surface area contributed by atoms with E-state index in [9.17, 15) is 14.0 Å². The summed E-state index contributed by atoms with van der Waals surface area (Å²) in [5.41, 5.74) is 2.81. The molecule has 7 heteroatoms. The molecule has 2 N–H and O–H groups in total. The molecule has 2 heterocycles. The predicted molar refractivity (Wildman–Crippen MR) is 123 cm³/mol. The van der Waals surface area contributed by atoms with Gasteiger partial charge in [-0.2, -0.15) is 0 Å². The topological polar surface area (TPSA) is 84.0 Å². The van der Waals surface area contributed by atoms with Gasteiger partial charge in [-0.25, -0.2) is 4.39 Å². The number of rotatable bonds is 6.